The molecule has 6 heteroatoms. The topological polar surface area (TPSA) is 61.2 Å². The highest BCUT2D eigenvalue weighted by Crippen LogP contribution is 2.34. The molecule has 0 amide bonds. The van der Waals surface area contributed by atoms with E-state index in [1.807, 2.05) is 10.7 Å². The summed E-state index contributed by atoms with van der Waals surface area (Å²) in [4.78, 5) is 4.05. The van der Waals surface area contributed by atoms with Gasteiger partial charge in [-0.2, -0.15) is 5.10 Å². The van der Waals surface area contributed by atoms with Crippen LogP contribution in [-0.2, 0) is 16.0 Å². The number of hydrogen-bond donors (Lipinski definition) is 1. The highest BCUT2D eigenvalue weighted by molar-refractivity contribution is 5.39. The van der Waals surface area contributed by atoms with Crippen molar-refractivity contribution in [2.24, 2.45) is 0 Å². The van der Waals surface area contributed by atoms with Crippen molar-refractivity contribution in [1.29, 1.82) is 0 Å². The second-order valence-corrected chi connectivity index (χ2v) is 6.68. The standard InChI is InChI=1S/C18H24N4O2/c1-2-4-17(22-14-19-13-21-22)15(3-1)12-20-16-5-8-24-18(11-16)6-9-23-10-7-18/h1-4,13-14,16,20H,5-12H2/t16-/m1/s1. The highest BCUT2D eigenvalue weighted by Gasteiger charge is 2.38. The zero-order valence-corrected chi connectivity index (χ0v) is 13.9. The van der Waals surface area contributed by atoms with Crippen LogP contribution in [0.4, 0.5) is 0 Å². The molecule has 0 bridgehead atoms. The lowest BCUT2D eigenvalue weighted by atomic mass is 9.84. The summed E-state index contributed by atoms with van der Waals surface area (Å²) in [7, 11) is 0. The van der Waals surface area contributed by atoms with E-state index in [4.69, 9.17) is 9.47 Å². The van der Waals surface area contributed by atoms with E-state index in [9.17, 15) is 0 Å². The van der Waals surface area contributed by atoms with Crippen LogP contribution in [0, 0.1) is 0 Å². The summed E-state index contributed by atoms with van der Waals surface area (Å²) in [5.74, 6) is 0. The number of rotatable bonds is 4. The predicted molar refractivity (Wildman–Crippen MR) is 90.0 cm³/mol. The van der Waals surface area contributed by atoms with E-state index >= 15 is 0 Å². The maximum Gasteiger partial charge on any atom is 0.138 e. The largest absolute Gasteiger partial charge is 0.381 e. The van der Waals surface area contributed by atoms with Crippen molar-refractivity contribution in [3.8, 4) is 5.69 Å². The molecule has 0 aliphatic carbocycles. The van der Waals surface area contributed by atoms with Crippen molar-refractivity contribution in [3.63, 3.8) is 0 Å². The second-order valence-electron chi connectivity index (χ2n) is 6.68. The first-order valence-electron chi connectivity index (χ1n) is 8.73. The van der Waals surface area contributed by atoms with Gasteiger partial charge in [-0.1, -0.05) is 18.2 Å². The molecule has 0 radical (unpaired) electrons. The van der Waals surface area contributed by atoms with Crippen molar-refractivity contribution in [2.75, 3.05) is 19.8 Å². The number of ether oxygens (including phenoxy) is 2. The lowest BCUT2D eigenvalue weighted by Crippen LogP contribution is -2.49. The average molecular weight is 328 g/mol. The number of nitrogens with one attached hydrogen (secondary N) is 1. The summed E-state index contributed by atoms with van der Waals surface area (Å²) in [6.45, 7) is 3.30. The van der Waals surface area contributed by atoms with Gasteiger partial charge in [-0.25, -0.2) is 9.67 Å². The van der Waals surface area contributed by atoms with Crippen LogP contribution in [0.3, 0.4) is 0 Å². The average Bonchev–Trinajstić information content (AvgIpc) is 3.15. The van der Waals surface area contributed by atoms with Gasteiger partial charge in [0.05, 0.1) is 11.3 Å². The molecule has 0 unspecified atom stereocenters. The lowest BCUT2D eigenvalue weighted by molar-refractivity contribution is -0.140. The Morgan fingerprint density at radius 3 is 2.92 bits per heavy atom. The van der Waals surface area contributed by atoms with E-state index < -0.39 is 0 Å². The van der Waals surface area contributed by atoms with Gasteiger partial charge in [0.2, 0.25) is 0 Å². The molecule has 2 aliphatic heterocycles. The van der Waals surface area contributed by atoms with E-state index in [1.165, 1.54) is 5.56 Å². The zero-order valence-electron chi connectivity index (χ0n) is 13.9. The molecule has 1 aromatic carbocycles. The van der Waals surface area contributed by atoms with E-state index in [0.717, 1.165) is 57.7 Å². The Bertz CT molecular complexity index is 647. The van der Waals surface area contributed by atoms with Crippen molar-refractivity contribution in [1.82, 2.24) is 20.1 Å². The van der Waals surface area contributed by atoms with Crippen molar-refractivity contribution >= 4 is 0 Å². The van der Waals surface area contributed by atoms with Crippen LogP contribution in [0.2, 0.25) is 0 Å². The molecular weight excluding hydrogens is 304 g/mol. The van der Waals surface area contributed by atoms with Crippen molar-refractivity contribution in [2.45, 2.75) is 43.9 Å². The maximum atomic E-state index is 6.13. The number of aromatic nitrogens is 3. The maximum absolute atomic E-state index is 6.13. The van der Waals surface area contributed by atoms with Crippen LogP contribution in [0.25, 0.3) is 5.69 Å². The van der Waals surface area contributed by atoms with Gasteiger partial charge in [-0.05, 0) is 37.3 Å². The van der Waals surface area contributed by atoms with E-state index in [1.54, 1.807) is 12.7 Å². The lowest BCUT2D eigenvalue weighted by Gasteiger charge is -2.43. The summed E-state index contributed by atoms with van der Waals surface area (Å²) in [5, 5.41) is 7.98. The Labute approximate surface area is 142 Å². The smallest absolute Gasteiger partial charge is 0.138 e. The quantitative estimate of drug-likeness (QED) is 0.931. The van der Waals surface area contributed by atoms with Crippen molar-refractivity contribution < 1.29 is 9.47 Å². The summed E-state index contributed by atoms with van der Waals surface area (Å²) < 4.78 is 13.5. The number of hydrogen-bond acceptors (Lipinski definition) is 5. The first kappa shape index (κ1) is 15.7. The van der Waals surface area contributed by atoms with E-state index in [-0.39, 0.29) is 5.60 Å². The van der Waals surface area contributed by atoms with Crippen molar-refractivity contribution in [3.05, 3.63) is 42.5 Å². The van der Waals surface area contributed by atoms with Crippen LogP contribution < -0.4 is 5.32 Å². The fraction of sp³-hybridized carbons (Fsp3) is 0.556. The normalized spacial score (nSPS) is 23.4. The summed E-state index contributed by atoms with van der Waals surface area (Å²) in [6.07, 6.45) is 7.47. The fourth-order valence-corrected chi connectivity index (χ4v) is 3.76. The molecule has 3 heterocycles. The molecule has 6 nitrogen and oxygen atoms in total. The third-order valence-electron chi connectivity index (χ3n) is 5.14. The Morgan fingerprint density at radius 1 is 1.21 bits per heavy atom. The van der Waals surface area contributed by atoms with Crippen LogP contribution in [0.15, 0.2) is 36.9 Å². The molecular formula is C18H24N4O2. The van der Waals surface area contributed by atoms with Gasteiger partial charge in [-0.3, -0.25) is 0 Å². The Balaban J connectivity index is 1.42. The van der Waals surface area contributed by atoms with Gasteiger partial charge in [0.15, 0.2) is 0 Å². The number of benzene rings is 1. The van der Waals surface area contributed by atoms with E-state index in [2.05, 4.69) is 33.6 Å². The molecule has 4 rings (SSSR count). The first-order chi connectivity index (χ1) is 11.8. The molecule has 1 N–H and O–H groups in total. The molecule has 2 fully saturated rings. The van der Waals surface area contributed by atoms with Gasteiger partial charge in [0, 0.05) is 32.4 Å². The molecule has 1 spiro atoms. The highest BCUT2D eigenvalue weighted by atomic mass is 16.5. The first-order valence-corrected chi connectivity index (χ1v) is 8.73. The van der Waals surface area contributed by atoms with Gasteiger partial charge in [0.1, 0.15) is 12.7 Å². The van der Waals surface area contributed by atoms with E-state index in [0.29, 0.717) is 6.04 Å². The molecule has 1 atom stereocenters. The fourth-order valence-electron chi connectivity index (χ4n) is 3.76. The predicted octanol–water partition coefficient (Wildman–Crippen LogP) is 2.09. The minimum absolute atomic E-state index is 0.0274. The molecule has 128 valence electrons. The molecule has 2 saturated heterocycles. The van der Waals surface area contributed by atoms with Gasteiger partial charge in [0.25, 0.3) is 0 Å². The van der Waals surface area contributed by atoms with Crippen LogP contribution >= 0.6 is 0 Å². The van der Waals surface area contributed by atoms with Crippen LogP contribution in [0.5, 0.6) is 0 Å². The SMILES string of the molecule is c1ccc(-n2cncn2)c(CN[C@@H]2CCOC3(CCOCC3)C2)c1. The summed E-state index contributed by atoms with van der Waals surface area (Å²) in [5.41, 5.74) is 2.34. The van der Waals surface area contributed by atoms with Crippen LogP contribution in [0.1, 0.15) is 31.2 Å². The molecule has 0 saturated carbocycles. The third-order valence-corrected chi connectivity index (χ3v) is 5.14. The minimum Gasteiger partial charge on any atom is -0.381 e. The van der Waals surface area contributed by atoms with Crippen LogP contribution in [-0.4, -0.2) is 46.2 Å². The number of para-hydroxylation sites is 1. The third kappa shape index (κ3) is 3.36. The molecule has 2 aliphatic rings. The zero-order chi connectivity index (χ0) is 16.2. The molecule has 1 aromatic heterocycles. The Hall–Kier alpha value is -1.76. The van der Waals surface area contributed by atoms with Gasteiger partial charge in [-0.15, -0.1) is 0 Å². The van der Waals surface area contributed by atoms with Gasteiger partial charge >= 0.3 is 0 Å². The monoisotopic (exact) mass is 328 g/mol. The molecule has 2 aromatic rings. The van der Waals surface area contributed by atoms with Gasteiger partial charge < -0.3 is 14.8 Å². The minimum atomic E-state index is 0.0274. The summed E-state index contributed by atoms with van der Waals surface area (Å²) in [6, 6.07) is 8.82. The summed E-state index contributed by atoms with van der Waals surface area (Å²) >= 11 is 0. The Kier molecular flexibility index (Phi) is 4.60. The molecule has 24 heavy (non-hydrogen) atoms. The second kappa shape index (κ2) is 7.01. The Morgan fingerprint density at radius 2 is 2.08 bits per heavy atom. The number of nitrogens with zero attached hydrogens (tertiary/aromatic N) is 3.